The molecule has 0 aromatic heterocycles. The summed E-state index contributed by atoms with van der Waals surface area (Å²) in [5, 5.41) is 25.4. The zero-order valence-electron chi connectivity index (χ0n) is 24.8. The number of hydrogen-bond acceptors (Lipinski definition) is 14. The van der Waals surface area contributed by atoms with Crippen LogP contribution in [0.4, 0.5) is 0 Å². The quantitative estimate of drug-likeness (QED) is 0.317. The molecule has 234 valence electrons. The Morgan fingerprint density at radius 1 is 0.844 bits per heavy atom. The smallest absolute Gasteiger partial charge is 0.303 e. The molecule has 0 spiro atoms. The number of nitrogens with one attached hydrogen (secondary N) is 1. The lowest BCUT2D eigenvalue weighted by atomic mass is 9.83. The number of dihydropyridines is 1. The average molecular weight is 635 g/mol. The van der Waals surface area contributed by atoms with Gasteiger partial charge in [0.25, 0.3) is 0 Å². The van der Waals surface area contributed by atoms with E-state index in [4.69, 9.17) is 29.4 Å². The molecule has 6 atom stereocenters. The number of carbonyl (C=O) groups is 4. The minimum Gasteiger partial charge on any atom is -0.463 e. The van der Waals surface area contributed by atoms with Gasteiger partial charge in [-0.3, -0.25) is 19.2 Å². The zero-order chi connectivity index (χ0) is 32.8. The summed E-state index contributed by atoms with van der Waals surface area (Å²) in [5.41, 5.74) is 5.97. The Morgan fingerprint density at radius 3 is 2.04 bits per heavy atom. The summed E-state index contributed by atoms with van der Waals surface area (Å²) < 4.78 is 27.8. The van der Waals surface area contributed by atoms with E-state index in [1.165, 1.54) is 6.92 Å². The van der Waals surface area contributed by atoms with Gasteiger partial charge in [-0.15, -0.1) is 0 Å². The molecule has 4 rings (SSSR count). The van der Waals surface area contributed by atoms with Gasteiger partial charge >= 0.3 is 23.9 Å². The molecule has 0 amide bonds. The number of ether oxygens (including phenoxy) is 5. The van der Waals surface area contributed by atoms with Gasteiger partial charge in [-0.25, -0.2) is 0 Å². The lowest BCUT2D eigenvalue weighted by Gasteiger charge is -2.44. The van der Waals surface area contributed by atoms with Crippen LogP contribution in [0.1, 0.15) is 39.2 Å². The van der Waals surface area contributed by atoms with Crippen LogP contribution in [0, 0.1) is 22.7 Å². The maximum Gasteiger partial charge on any atom is 0.303 e. The molecule has 3 N–H and O–H groups in total. The number of fused-ring (bicyclic) bond motifs is 1. The molecule has 0 radical (unpaired) electrons. The van der Waals surface area contributed by atoms with E-state index in [9.17, 15) is 29.7 Å². The van der Waals surface area contributed by atoms with Gasteiger partial charge in [0.2, 0.25) is 0 Å². The third-order valence-corrected chi connectivity index (χ3v) is 8.06. The Balaban J connectivity index is 1.82. The molecule has 0 bridgehead atoms. The van der Waals surface area contributed by atoms with Gasteiger partial charge in [-0.1, -0.05) is 54.2 Å². The summed E-state index contributed by atoms with van der Waals surface area (Å²) in [6.07, 6.45) is -5.28. The van der Waals surface area contributed by atoms with Crippen molar-refractivity contribution in [3.8, 4) is 12.1 Å². The maximum atomic E-state index is 12.3. The van der Waals surface area contributed by atoms with Gasteiger partial charge < -0.3 is 34.7 Å². The van der Waals surface area contributed by atoms with Crippen molar-refractivity contribution in [2.75, 3.05) is 6.61 Å². The number of carbonyl (C=O) groups excluding carboxylic acids is 4. The molecule has 2 aliphatic rings. The zero-order valence-corrected chi connectivity index (χ0v) is 25.6. The summed E-state index contributed by atoms with van der Waals surface area (Å²) >= 11 is 0.883. The molecule has 2 aromatic carbocycles. The van der Waals surface area contributed by atoms with Crippen LogP contribution in [0.2, 0.25) is 0 Å². The highest BCUT2D eigenvalue weighted by Crippen LogP contribution is 2.44. The fourth-order valence-corrected chi connectivity index (χ4v) is 6.38. The van der Waals surface area contributed by atoms with Gasteiger partial charge in [-0.05, 0) is 16.3 Å². The van der Waals surface area contributed by atoms with Crippen molar-refractivity contribution in [3.63, 3.8) is 0 Å². The minimum absolute atomic E-state index is 0.0113. The molecule has 14 heteroatoms. The largest absolute Gasteiger partial charge is 0.463 e. The van der Waals surface area contributed by atoms with Crippen LogP contribution in [0.3, 0.4) is 0 Å². The third-order valence-electron chi connectivity index (χ3n) is 6.89. The molecule has 0 saturated carbocycles. The fraction of sp³-hybridized carbons (Fsp3) is 0.355. The van der Waals surface area contributed by atoms with Gasteiger partial charge in [0, 0.05) is 27.7 Å². The van der Waals surface area contributed by atoms with Crippen molar-refractivity contribution in [1.82, 2.24) is 5.32 Å². The second-order valence-electron chi connectivity index (χ2n) is 10.1. The first kappa shape index (κ1) is 32.9. The highest BCUT2D eigenvalue weighted by molar-refractivity contribution is 8.03. The molecule has 2 aromatic rings. The number of hydrogen-bond donors (Lipinski definition) is 2. The van der Waals surface area contributed by atoms with Gasteiger partial charge in [0.05, 0.1) is 34.2 Å². The van der Waals surface area contributed by atoms with Crippen molar-refractivity contribution in [2.45, 2.75) is 63.5 Å². The number of allylic oxidation sites excluding steroid dienone is 2. The van der Waals surface area contributed by atoms with Crippen LogP contribution in [0.5, 0.6) is 0 Å². The van der Waals surface area contributed by atoms with Crippen LogP contribution >= 0.6 is 11.8 Å². The van der Waals surface area contributed by atoms with Crippen LogP contribution in [0.25, 0.3) is 10.8 Å². The second-order valence-corrected chi connectivity index (χ2v) is 11.3. The lowest BCUT2D eigenvalue weighted by Crippen LogP contribution is -2.61. The first-order valence-electron chi connectivity index (χ1n) is 13.7. The second kappa shape index (κ2) is 14.2. The highest BCUT2D eigenvalue weighted by Gasteiger charge is 2.53. The minimum atomic E-state index is -1.39. The molecule has 13 nitrogen and oxygen atoms in total. The van der Waals surface area contributed by atoms with Gasteiger partial charge in [0.1, 0.15) is 18.5 Å². The summed E-state index contributed by atoms with van der Waals surface area (Å²) in [4.78, 5) is 48.2. The van der Waals surface area contributed by atoms with E-state index in [2.05, 4.69) is 17.5 Å². The van der Waals surface area contributed by atoms with Gasteiger partial charge in [-0.2, -0.15) is 10.5 Å². The predicted octanol–water partition coefficient (Wildman–Crippen LogP) is 2.77. The van der Waals surface area contributed by atoms with E-state index in [0.717, 1.165) is 43.3 Å². The molecule has 2 aliphatic heterocycles. The van der Waals surface area contributed by atoms with Crippen molar-refractivity contribution in [1.29, 1.82) is 10.5 Å². The average Bonchev–Trinajstić information content (AvgIpc) is 2.97. The molecular weight excluding hydrogens is 604 g/mol. The molecule has 2 heterocycles. The van der Waals surface area contributed by atoms with Crippen LogP contribution in [-0.4, -0.2) is 60.3 Å². The number of thioether (sulfide) groups is 1. The Hall–Kier alpha value is -5.05. The van der Waals surface area contributed by atoms with Crippen LogP contribution < -0.4 is 11.1 Å². The van der Waals surface area contributed by atoms with E-state index >= 15 is 0 Å². The Bertz CT molecular complexity index is 1670. The van der Waals surface area contributed by atoms with Crippen molar-refractivity contribution in [3.05, 3.63) is 70.0 Å². The van der Waals surface area contributed by atoms with E-state index in [1.54, 1.807) is 6.07 Å². The lowest BCUT2D eigenvalue weighted by molar-refractivity contribution is -0.237. The first-order valence-corrected chi connectivity index (χ1v) is 14.6. The number of nitriles is 2. The van der Waals surface area contributed by atoms with Gasteiger partial charge in [0.15, 0.2) is 23.7 Å². The van der Waals surface area contributed by atoms with E-state index in [1.807, 2.05) is 36.4 Å². The number of rotatable bonds is 8. The van der Waals surface area contributed by atoms with E-state index in [0.29, 0.717) is 5.56 Å². The summed E-state index contributed by atoms with van der Waals surface area (Å²) in [5.74, 6) is -3.83. The van der Waals surface area contributed by atoms with Crippen LogP contribution in [-0.2, 0) is 42.9 Å². The van der Waals surface area contributed by atoms with E-state index in [-0.39, 0.29) is 22.0 Å². The standard InChI is InChI=1S/C31H30N4O9S/c1-15(36)40-14-24-26(41-16(2)37)27(42-17(3)38)28(43-18(4)39)31(44-24)45-30-23(13-33)25(22(12-32)29(34)35-30)21-10-9-19-7-5-6-8-20(19)11-21/h5-11,24-28,31,35H,14,34H2,1-4H3/t24-,25?,26+,27+,28-,31+/m1/s1. The number of nitrogens with two attached hydrogens (primary N) is 1. The highest BCUT2D eigenvalue weighted by atomic mass is 32.2. The Morgan fingerprint density at radius 2 is 1.44 bits per heavy atom. The fourth-order valence-electron chi connectivity index (χ4n) is 5.14. The first-order chi connectivity index (χ1) is 21.4. The summed E-state index contributed by atoms with van der Waals surface area (Å²) in [6, 6.07) is 17.4. The van der Waals surface area contributed by atoms with Crippen molar-refractivity contribution >= 4 is 46.4 Å². The SMILES string of the molecule is CC(=O)OC[C@H]1O[C@@H](SC2=C(C#N)C(c3ccc4ccccc4c3)C(C#N)=C(N)N2)[C@H](OC(C)=O)[C@@H](OC(C)=O)[C@H]1OC(C)=O. The number of nitrogens with zero attached hydrogens (tertiary/aromatic N) is 2. The monoisotopic (exact) mass is 634 g/mol. The molecule has 1 unspecified atom stereocenters. The number of esters is 4. The Labute approximate surface area is 262 Å². The third kappa shape index (κ3) is 7.55. The summed E-state index contributed by atoms with van der Waals surface area (Å²) in [6.45, 7) is 4.14. The predicted molar refractivity (Wildman–Crippen MR) is 159 cm³/mol. The van der Waals surface area contributed by atoms with Crippen LogP contribution in [0.15, 0.2) is 64.5 Å². The molecule has 0 aliphatic carbocycles. The molecular formula is C31H30N4O9S. The van der Waals surface area contributed by atoms with Crippen molar-refractivity contribution in [2.24, 2.45) is 5.73 Å². The normalized spacial score (nSPS) is 24.5. The molecule has 45 heavy (non-hydrogen) atoms. The molecule has 1 saturated heterocycles. The Kier molecular flexibility index (Phi) is 10.3. The summed E-state index contributed by atoms with van der Waals surface area (Å²) in [7, 11) is 0. The number of benzene rings is 2. The topological polar surface area (TPSA) is 200 Å². The van der Waals surface area contributed by atoms with Crippen molar-refractivity contribution < 1.29 is 42.9 Å². The molecule has 1 fully saturated rings. The maximum absolute atomic E-state index is 12.3. The van der Waals surface area contributed by atoms with E-state index < -0.39 is 66.3 Å².